The number of amides is 4. The van der Waals surface area contributed by atoms with Crippen molar-refractivity contribution < 1.29 is 19.2 Å². The number of hydrogen-bond acceptors (Lipinski definition) is 8. The van der Waals surface area contributed by atoms with E-state index in [9.17, 15) is 19.2 Å². The van der Waals surface area contributed by atoms with Crippen molar-refractivity contribution in [2.45, 2.75) is 101 Å². The van der Waals surface area contributed by atoms with Crippen LogP contribution in [-0.4, -0.2) is 79.8 Å². The first-order valence-corrected chi connectivity index (χ1v) is 19.0. The predicted octanol–water partition coefficient (Wildman–Crippen LogP) is 4.18. The number of thioether (sulfide) groups is 2. The van der Waals surface area contributed by atoms with E-state index in [0.29, 0.717) is 37.1 Å². The van der Waals surface area contributed by atoms with Crippen LogP contribution < -0.4 is 22.1 Å². The van der Waals surface area contributed by atoms with E-state index in [-0.39, 0.29) is 34.4 Å². The highest BCUT2D eigenvalue weighted by atomic mass is 32.2. The third kappa shape index (κ3) is 6.73. The van der Waals surface area contributed by atoms with Crippen LogP contribution >= 0.6 is 23.5 Å². The zero-order valence-electron chi connectivity index (χ0n) is 28.2. The minimum absolute atomic E-state index is 0.0626. The summed E-state index contributed by atoms with van der Waals surface area (Å²) in [5, 5.41) is 6.20. The molecule has 0 saturated carbocycles. The topological polar surface area (TPSA) is 151 Å². The van der Waals surface area contributed by atoms with Crippen molar-refractivity contribution in [1.29, 1.82) is 0 Å². The highest BCUT2D eigenvalue weighted by molar-refractivity contribution is 8.00. The summed E-state index contributed by atoms with van der Waals surface area (Å²) < 4.78 is 0. The quantitative estimate of drug-likeness (QED) is 0.338. The van der Waals surface area contributed by atoms with Gasteiger partial charge in [-0.25, -0.2) is 0 Å². The van der Waals surface area contributed by atoms with E-state index in [4.69, 9.17) is 11.5 Å². The largest absolute Gasteiger partial charge is 0.324 e. The van der Waals surface area contributed by atoms with Crippen LogP contribution in [0.15, 0.2) is 48.5 Å². The molecule has 4 fully saturated rings. The number of carbonyl (C=O) groups excluding carboxylic acids is 4. The van der Waals surface area contributed by atoms with Crippen molar-refractivity contribution in [1.82, 2.24) is 9.80 Å². The molecule has 6 N–H and O–H groups in total. The lowest BCUT2D eigenvalue weighted by molar-refractivity contribution is -0.140. The Bertz CT molecular complexity index is 1470. The Morgan fingerprint density at radius 1 is 0.708 bits per heavy atom. The van der Waals surface area contributed by atoms with Crippen molar-refractivity contribution in [2.75, 3.05) is 22.1 Å². The summed E-state index contributed by atoms with van der Waals surface area (Å²) in [5.74, 6) is 0.882. The lowest BCUT2D eigenvalue weighted by Crippen LogP contribution is -2.54. The minimum Gasteiger partial charge on any atom is -0.324 e. The molecular weight excluding hydrogens is 645 g/mol. The Kier molecular flexibility index (Phi) is 9.92. The summed E-state index contributed by atoms with van der Waals surface area (Å²) in [7, 11) is 0. The highest BCUT2D eigenvalue weighted by Crippen LogP contribution is 2.47. The summed E-state index contributed by atoms with van der Waals surface area (Å²) in [4.78, 5) is 58.0. The van der Waals surface area contributed by atoms with Crippen LogP contribution in [0.3, 0.4) is 0 Å². The molecule has 2 aromatic carbocycles. The number of anilines is 2. The first-order chi connectivity index (χ1) is 22.8. The molecule has 0 radical (unpaired) electrons. The fourth-order valence-corrected chi connectivity index (χ4v) is 11.1. The van der Waals surface area contributed by atoms with Crippen LogP contribution in [0.2, 0.25) is 0 Å². The number of nitrogens with zero attached hydrogens (tertiary/aromatic N) is 2. The summed E-state index contributed by atoms with van der Waals surface area (Å²) in [6, 6.07) is 13.0. The number of para-hydroxylation sites is 2. The number of hydrogen-bond donors (Lipinski definition) is 4. The third-order valence-corrected chi connectivity index (χ3v) is 12.9. The van der Waals surface area contributed by atoms with Crippen LogP contribution in [0, 0.1) is 10.8 Å². The van der Waals surface area contributed by atoms with Gasteiger partial charge in [0.25, 0.3) is 0 Å². The number of carbonyl (C=O) groups is 4. The van der Waals surface area contributed by atoms with Gasteiger partial charge in [-0.05, 0) is 84.1 Å². The molecule has 2 aromatic rings. The van der Waals surface area contributed by atoms with E-state index < -0.39 is 35.0 Å². The molecule has 12 heteroatoms. The van der Waals surface area contributed by atoms with Crippen LogP contribution in [0.4, 0.5) is 11.4 Å². The van der Waals surface area contributed by atoms with Crippen LogP contribution in [0.25, 0.3) is 0 Å². The van der Waals surface area contributed by atoms with Gasteiger partial charge in [-0.2, -0.15) is 0 Å². The molecule has 6 rings (SSSR count). The van der Waals surface area contributed by atoms with Crippen molar-refractivity contribution in [3.05, 3.63) is 59.7 Å². The summed E-state index contributed by atoms with van der Waals surface area (Å²) >= 11 is 3.42. The molecular formula is C36H48N6O4S2. The van der Waals surface area contributed by atoms with Gasteiger partial charge >= 0.3 is 0 Å². The maximum atomic E-state index is 14.0. The standard InChI is InChI=1S/C36H48N6O4S2/c1-35(2)19-27-41(33(45)23(37)15-17-47-27)29(35)31(43)39-25-11-7-5-9-21(25)13-14-22-10-6-8-12-26(22)40-32(44)30-36(3,4)20-28-42(30)34(46)24(38)16-18-48-28/h5-12,23-24,27-30H,13-20,37-38H2,1-4H3,(H,39,43)(H,40,44)/t23-,24-,27-,28-,29?,30?/m0/s1. The van der Waals surface area contributed by atoms with Gasteiger partial charge in [-0.15, -0.1) is 23.5 Å². The molecule has 258 valence electrons. The van der Waals surface area contributed by atoms with Gasteiger partial charge in [0.05, 0.1) is 22.8 Å². The molecule has 4 saturated heterocycles. The van der Waals surface area contributed by atoms with Crippen molar-refractivity contribution in [3.8, 4) is 0 Å². The second-order valence-electron chi connectivity index (χ2n) is 14.9. The van der Waals surface area contributed by atoms with Gasteiger partial charge in [0.1, 0.15) is 12.1 Å². The van der Waals surface area contributed by atoms with Crippen molar-refractivity contribution in [3.63, 3.8) is 0 Å². The van der Waals surface area contributed by atoms with Gasteiger partial charge in [0.15, 0.2) is 0 Å². The van der Waals surface area contributed by atoms with E-state index >= 15 is 0 Å². The Labute approximate surface area is 291 Å². The Balaban J connectivity index is 1.17. The Hall–Kier alpha value is -3.06. The van der Waals surface area contributed by atoms with E-state index in [1.54, 1.807) is 33.3 Å². The fraction of sp³-hybridized carbons (Fsp3) is 0.556. The monoisotopic (exact) mass is 692 g/mol. The molecule has 0 aromatic heterocycles. The number of fused-ring (bicyclic) bond motifs is 2. The highest BCUT2D eigenvalue weighted by Gasteiger charge is 2.55. The van der Waals surface area contributed by atoms with E-state index in [1.165, 1.54) is 0 Å². The molecule has 4 aliphatic heterocycles. The third-order valence-electron chi connectivity index (χ3n) is 10.4. The minimum atomic E-state index is -0.626. The van der Waals surface area contributed by atoms with Gasteiger partial charge in [-0.3, -0.25) is 19.2 Å². The van der Waals surface area contributed by atoms with Crippen LogP contribution in [-0.2, 0) is 32.0 Å². The van der Waals surface area contributed by atoms with Crippen molar-refractivity contribution in [2.24, 2.45) is 22.3 Å². The Morgan fingerprint density at radius 2 is 1.08 bits per heavy atom. The SMILES string of the molecule is CC1(C)C[C@@H]2SCC[C@H](N)C(=O)N2C1C(=O)Nc1ccccc1CCc1ccccc1NC(=O)C1N2C(=O)[C@@H](N)CCS[C@H]2CC1(C)C. The zero-order chi connectivity index (χ0) is 34.4. The molecule has 0 spiro atoms. The molecule has 0 aliphatic carbocycles. The molecule has 6 atom stereocenters. The summed E-state index contributed by atoms with van der Waals surface area (Å²) in [5.41, 5.74) is 14.9. The number of rotatable bonds is 7. The molecule has 0 bridgehead atoms. The van der Waals surface area contributed by atoms with E-state index in [1.807, 2.05) is 76.2 Å². The summed E-state index contributed by atoms with van der Waals surface area (Å²) in [6.07, 6.45) is 3.90. The van der Waals surface area contributed by atoms with Crippen LogP contribution in [0.1, 0.15) is 64.5 Å². The average molecular weight is 693 g/mol. The number of benzene rings is 2. The lowest BCUT2D eigenvalue weighted by atomic mass is 9.84. The van der Waals surface area contributed by atoms with Gasteiger partial charge in [-0.1, -0.05) is 64.1 Å². The van der Waals surface area contributed by atoms with Gasteiger partial charge in [0, 0.05) is 11.4 Å². The molecule has 4 heterocycles. The zero-order valence-corrected chi connectivity index (χ0v) is 29.9. The van der Waals surface area contributed by atoms with Crippen molar-refractivity contribution >= 4 is 58.5 Å². The molecule has 2 unspecified atom stereocenters. The smallest absolute Gasteiger partial charge is 0.247 e. The molecule has 4 amide bonds. The van der Waals surface area contributed by atoms with E-state index in [2.05, 4.69) is 10.6 Å². The van der Waals surface area contributed by atoms with Crippen LogP contribution in [0.5, 0.6) is 0 Å². The molecule has 48 heavy (non-hydrogen) atoms. The second-order valence-corrected chi connectivity index (χ2v) is 17.5. The van der Waals surface area contributed by atoms with E-state index in [0.717, 1.165) is 35.5 Å². The predicted molar refractivity (Wildman–Crippen MR) is 193 cm³/mol. The normalized spacial score (nSPS) is 29.5. The maximum Gasteiger partial charge on any atom is 0.247 e. The first-order valence-electron chi connectivity index (χ1n) is 16.9. The lowest BCUT2D eigenvalue weighted by Gasteiger charge is -2.33. The molecule has 10 nitrogen and oxygen atoms in total. The van der Waals surface area contributed by atoms with Gasteiger partial charge < -0.3 is 31.9 Å². The molecule has 4 aliphatic rings. The first kappa shape index (κ1) is 34.8. The summed E-state index contributed by atoms with van der Waals surface area (Å²) in [6.45, 7) is 8.19. The second kappa shape index (κ2) is 13.7. The fourth-order valence-electron chi connectivity index (χ4n) is 7.87. The number of nitrogens with one attached hydrogen (secondary N) is 2. The van der Waals surface area contributed by atoms with Gasteiger partial charge in [0.2, 0.25) is 23.6 Å². The number of nitrogens with two attached hydrogens (primary N) is 2. The maximum absolute atomic E-state index is 14.0. The number of aryl methyl sites for hydroxylation is 2. The Morgan fingerprint density at radius 3 is 1.48 bits per heavy atom. The average Bonchev–Trinajstić information content (AvgIpc) is 3.36.